The average Bonchev–Trinajstić information content (AvgIpc) is 2.82. The lowest BCUT2D eigenvalue weighted by molar-refractivity contribution is 0.270. The second kappa shape index (κ2) is 8.06. The van der Waals surface area contributed by atoms with Crippen LogP contribution < -0.4 is 14.8 Å². The predicted molar refractivity (Wildman–Crippen MR) is 95.1 cm³/mol. The van der Waals surface area contributed by atoms with Crippen LogP contribution in [0.5, 0.6) is 11.5 Å². The monoisotopic (exact) mass is 333 g/mol. The van der Waals surface area contributed by atoms with Crippen molar-refractivity contribution in [1.29, 1.82) is 0 Å². The maximum absolute atomic E-state index is 9.21. The summed E-state index contributed by atoms with van der Waals surface area (Å²) in [5.74, 6) is 2.43. The van der Waals surface area contributed by atoms with Gasteiger partial charge in [0.05, 0.1) is 33.1 Å². The van der Waals surface area contributed by atoms with Gasteiger partial charge in [0.25, 0.3) is 0 Å². The molecule has 1 heterocycles. The third kappa shape index (κ3) is 4.00. The fourth-order valence-corrected chi connectivity index (χ4v) is 2.76. The number of nitrogens with zero attached hydrogens (tertiary/aromatic N) is 2. The van der Waals surface area contributed by atoms with E-state index in [0.717, 1.165) is 40.6 Å². The standard InChI is InChI=1S/C18H27N3O3/c1-12(10-15-6-7-16(23-4)17(11-15)24-5)19-18-13(2)14(3)20-21(18)8-9-22/h6-7,11-12,19,22H,8-10H2,1-5H3. The van der Waals surface area contributed by atoms with E-state index >= 15 is 0 Å². The molecule has 1 unspecified atom stereocenters. The zero-order valence-electron chi connectivity index (χ0n) is 15.1. The van der Waals surface area contributed by atoms with Crippen LogP contribution in [0.2, 0.25) is 0 Å². The third-order valence-corrected chi connectivity index (χ3v) is 4.11. The van der Waals surface area contributed by atoms with Crippen LogP contribution in [0, 0.1) is 13.8 Å². The molecular formula is C18H27N3O3. The Balaban J connectivity index is 2.12. The Morgan fingerprint density at radius 1 is 1.21 bits per heavy atom. The summed E-state index contributed by atoms with van der Waals surface area (Å²) in [5.41, 5.74) is 3.25. The smallest absolute Gasteiger partial charge is 0.160 e. The van der Waals surface area contributed by atoms with E-state index in [-0.39, 0.29) is 12.6 Å². The zero-order valence-corrected chi connectivity index (χ0v) is 15.1. The second-order valence-corrected chi connectivity index (χ2v) is 5.94. The topological polar surface area (TPSA) is 68.5 Å². The van der Waals surface area contributed by atoms with Gasteiger partial charge in [-0.05, 0) is 44.9 Å². The van der Waals surface area contributed by atoms with E-state index in [0.29, 0.717) is 6.54 Å². The Morgan fingerprint density at radius 3 is 2.54 bits per heavy atom. The quantitative estimate of drug-likeness (QED) is 0.777. The molecule has 24 heavy (non-hydrogen) atoms. The molecule has 0 aliphatic rings. The van der Waals surface area contributed by atoms with Crippen molar-refractivity contribution in [2.45, 2.75) is 39.8 Å². The summed E-state index contributed by atoms with van der Waals surface area (Å²) in [4.78, 5) is 0. The first kappa shape index (κ1) is 18.1. The maximum Gasteiger partial charge on any atom is 0.160 e. The largest absolute Gasteiger partial charge is 0.493 e. The lowest BCUT2D eigenvalue weighted by Gasteiger charge is -2.18. The van der Waals surface area contributed by atoms with Crippen molar-refractivity contribution in [3.63, 3.8) is 0 Å². The highest BCUT2D eigenvalue weighted by molar-refractivity contribution is 5.48. The van der Waals surface area contributed by atoms with Gasteiger partial charge in [0, 0.05) is 11.6 Å². The lowest BCUT2D eigenvalue weighted by Crippen LogP contribution is -2.21. The van der Waals surface area contributed by atoms with E-state index in [1.807, 2.05) is 36.7 Å². The first-order valence-corrected chi connectivity index (χ1v) is 8.12. The molecular weight excluding hydrogens is 306 g/mol. The summed E-state index contributed by atoms with van der Waals surface area (Å²) in [5, 5.41) is 17.2. The Kier molecular flexibility index (Phi) is 6.09. The maximum atomic E-state index is 9.21. The van der Waals surface area contributed by atoms with Crippen molar-refractivity contribution in [1.82, 2.24) is 9.78 Å². The molecule has 2 N–H and O–H groups in total. The Hall–Kier alpha value is -2.21. The molecule has 132 valence electrons. The molecule has 0 spiro atoms. The van der Waals surface area contributed by atoms with Crippen LogP contribution in [0.1, 0.15) is 23.7 Å². The van der Waals surface area contributed by atoms with Gasteiger partial charge in [0.2, 0.25) is 0 Å². The third-order valence-electron chi connectivity index (χ3n) is 4.11. The average molecular weight is 333 g/mol. The first-order chi connectivity index (χ1) is 11.5. The van der Waals surface area contributed by atoms with Gasteiger partial charge in [-0.25, -0.2) is 4.68 Å². The van der Waals surface area contributed by atoms with Gasteiger partial charge in [-0.1, -0.05) is 6.07 Å². The number of aryl methyl sites for hydroxylation is 1. The highest BCUT2D eigenvalue weighted by Crippen LogP contribution is 2.28. The van der Waals surface area contributed by atoms with Crippen molar-refractivity contribution >= 4 is 5.82 Å². The fourth-order valence-electron chi connectivity index (χ4n) is 2.76. The van der Waals surface area contributed by atoms with Crippen LogP contribution in [-0.2, 0) is 13.0 Å². The molecule has 0 saturated carbocycles. The number of hydrogen-bond donors (Lipinski definition) is 2. The van der Waals surface area contributed by atoms with E-state index in [2.05, 4.69) is 17.3 Å². The Bertz CT molecular complexity index is 682. The molecule has 2 rings (SSSR count). The van der Waals surface area contributed by atoms with Crippen LogP contribution in [0.3, 0.4) is 0 Å². The molecule has 6 nitrogen and oxygen atoms in total. The van der Waals surface area contributed by atoms with Crippen LogP contribution in [-0.4, -0.2) is 41.8 Å². The Labute approximate surface area is 143 Å². The molecule has 1 aromatic carbocycles. The number of ether oxygens (including phenoxy) is 2. The van der Waals surface area contributed by atoms with Gasteiger partial charge in [-0.3, -0.25) is 0 Å². The summed E-state index contributed by atoms with van der Waals surface area (Å²) in [6.07, 6.45) is 0.836. The predicted octanol–water partition coefficient (Wildman–Crippen LogP) is 2.55. The summed E-state index contributed by atoms with van der Waals surface area (Å²) in [6.45, 7) is 6.70. The van der Waals surface area contributed by atoms with Crippen molar-refractivity contribution in [2.75, 3.05) is 26.1 Å². The molecule has 0 amide bonds. The van der Waals surface area contributed by atoms with Crippen molar-refractivity contribution in [3.05, 3.63) is 35.0 Å². The van der Waals surface area contributed by atoms with Gasteiger partial charge < -0.3 is 19.9 Å². The number of aliphatic hydroxyl groups is 1. The SMILES string of the molecule is COc1ccc(CC(C)Nc2c(C)c(C)nn2CCO)cc1OC. The molecule has 0 saturated heterocycles. The summed E-state index contributed by atoms with van der Waals surface area (Å²) >= 11 is 0. The Morgan fingerprint density at radius 2 is 1.92 bits per heavy atom. The van der Waals surface area contributed by atoms with E-state index < -0.39 is 0 Å². The number of anilines is 1. The van der Waals surface area contributed by atoms with Crippen LogP contribution in [0.15, 0.2) is 18.2 Å². The van der Waals surface area contributed by atoms with Crippen LogP contribution in [0.25, 0.3) is 0 Å². The summed E-state index contributed by atoms with van der Waals surface area (Å²) < 4.78 is 12.5. The van der Waals surface area contributed by atoms with Crippen LogP contribution >= 0.6 is 0 Å². The molecule has 0 radical (unpaired) electrons. The molecule has 6 heteroatoms. The van der Waals surface area contributed by atoms with Crippen molar-refractivity contribution < 1.29 is 14.6 Å². The van der Waals surface area contributed by atoms with Gasteiger partial charge in [-0.15, -0.1) is 0 Å². The highest BCUT2D eigenvalue weighted by Gasteiger charge is 2.14. The normalized spacial score (nSPS) is 12.1. The van der Waals surface area contributed by atoms with E-state index in [1.165, 1.54) is 0 Å². The molecule has 2 aromatic rings. The lowest BCUT2D eigenvalue weighted by atomic mass is 10.1. The first-order valence-electron chi connectivity index (χ1n) is 8.12. The number of methoxy groups -OCH3 is 2. The van der Waals surface area contributed by atoms with E-state index in [1.54, 1.807) is 14.2 Å². The zero-order chi connectivity index (χ0) is 17.7. The number of rotatable bonds is 8. The van der Waals surface area contributed by atoms with Crippen molar-refractivity contribution in [3.8, 4) is 11.5 Å². The fraction of sp³-hybridized carbons (Fsp3) is 0.500. The van der Waals surface area contributed by atoms with Gasteiger partial charge in [0.1, 0.15) is 5.82 Å². The van der Waals surface area contributed by atoms with Gasteiger partial charge in [0.15, 0.2) is 11.5 Å². The molecule has 1 atom stereocenters. The molecule has 0 bridgehead atoms. The molecule has 0 aliphatic heterocycles. The number of nitrogens with one attached hydrogen (secondary N) is 1. The minimum atomic E-state index is 0.0687. The summed E-state index contributed by atoms with van der Waals surface area (Å²) in [7, 11) is 3.28. The number of aliphatic hydroxyl groups excluding tert-OH is 1. The molecule has 0 fully saturated rings. The highest BCUT2D eigenvalue weighted by atomic mass is 16.5. The minimum Gasteiger partial charge on any atom is -0.493 e. The van der Waals surface area contributed by atoms with E-state index in [4.69, 9.17) is 9.47 Å². The van der Waals surface area contributed by atoms with E-state index in [9.17, 15) is 5.11 Å². The minimum absolute atomic E-state index is 0.0687. The molecule has 1 aromatic heterocycles. The number of hydrogen-bond acceptors (Lipinski definition) is 5. The number of benzene rings is 1. The summed E-state index contributed by atoms with van der Waals surface area (Å²) in [6, 6.07) is 6.17. The van der Waals surface area contributed by atoms with Crippen molar-refractivity contribution in [2.24, 2.45) is 0 Å². The van der Waals surface area contributed by atoms with Gasteiger partial charge >= 0.3 is 0 Å². The van der Waals surface area contributed by atoms with Gasteiger partial charge in [-0.2, -0.15) is 5.10 Å². The molecule has 0 aliphatic carbocycles. The second-order valence-electron chi connectivity index (χ2n) is 5.94. The van der Waals surface area contributed by atoms with Crippen LogP contribution in [0.4, 0.5) is 5.82 Å². The number of aromatic nitrogens is 2.